The van der Waals surface area contributed by atoms with Crippen molar-refractivity contribution in [2.45, 2.75) is 13.8 Å². The third-order valence-electron chi connectivity index (χ3n) is 0.760. The van der Waals surface area contributed by atoms with Crippen LogP contribution in [0.2, 0.25) is 0 Å². The van der Waals surface area contributed by atoms with E-state index >= 15 is 0 Å². The zero-order valence-corrected chi connectivity index (χ0v) is 9.04. The molecule has 0 aromatic heterocycles. The van der Waals surface area contributed by atoms with Crippen LogP contribution in [0.5, 0.6) is 0 Å². The summed E-state index contributed by atoms with van der Waals surface area (Å²) in [5.74, 6) is -4.46. The first kappa shape index (κ1) is 14.0. The quantitative estimate of drug-likeness (QED) is 0.190. The Labute approximate surface area is 92.2 Å². The SMILES string of the molecule is CC(=O)C(=O)OC(=O)C(C)=O.[H-].[Na+]. The third kappa shape index (κ3) is 5.17. The second-order valence-electron chi connectivity index (χ2n) is 1.79. The Hall–Kier alpha value is -0.520. The van der Waals surface area contributed by atoms with E-state index in [1.807, 2.05) is 0 Å². The summed E-state index contributed by atoms with van der Waals surface area (Å²) >= 11 is 0. The van der Waals surface area contributed by atoms with Crippen LogP contribution < -0.4 is 29.6 Å². The van der Waals surface area contributed by atoms with Gasteiger partial charge in [0.25, 0.3) is 0 Å². The van der Waals surface area contributed by atoms with Gasteiger partial charge in [-0.2, -0.15) is 0 Å². The number of Topliss-reactive ketones (excluding diaryl/α,β-unsaturated/α-hetero) is 2. The molecule has 0 aromatic carbocycles. The van der Waals surface area contributed by atoms with Crippen LogP contribution in [0.4, 0.5) is 0 Å². The summed E-state index contributed by atoms with van der Waals surface area (Å²) in [5.41, 5.74) is 0. The average molecular weight is 182 g/mol. The largest absolute Gasteiger partial charge is 1.00 e. The molecule has 0 aliphatic rings. The van der Waals surface area contributed by atoms with Gasteiger partial charge in [0.2, 0.25) is 11.6 Å². The van der Waals surface area contributed by atoms with E-state index in [-0.39, 0.29) is 31.0 Å². The minimum atomic E-state index is -1.31. The average Bonchev–Trinajstić information content (AvgIpc) is 1.87. The Morgan fingerprint density at radius 1 is 0.917 bits per heavy atom. The van der Waals surface area contributed by atoms with Crippen LogP contribution in [0.25, 0.3) is 0 Å². The van der Waals surface area contributed by atoms with Crippen LogP contribution in [0.15, 0.2) is 0 Å². The van der Waals surface area contributed by atoms with Crippen molar-refractivity contribution in [3.63, 3.8) is 0 Å². The summed E-state index contributed by atoms with van der Waals surface area (Å²) in [4.78, 5) is 41.0. The number of hydrogen-bond donors (Lipinski definition) is 0. The number of carbonyl (C=O) groups excluding carboxylic acids is 4. The second kappa shape index (κ2) is 6.05. The monoisotopic (exact) mass is 182 g/mol. The van der Waals surface area contributed by atoms with E-state index in [2.05, 4.69) is 4.74 Å². The van der Waals surface area contributed by atoms with Crippen LogP contribution in [0, 0.1) is 0 Å². The molecule has 0 saturated heterocycles. The molecule has 0 aromatic rings. The fraction of sp³-hybridized carbons (Fsp3) is 0.333. The number of carbonyl (C=O) groups is 4. The minimum Gasteiger partial charge on any atom is -1.00 e. The first-order valence-corrected chi connectivity index (χ1v) is 2.72. The van der Waals surface area contributed by atoms with Gasteiger partial charge in [-0.1, -0.05) is 0 Å². The summed E-state index contributed by atoms with van der Waals surface area (Å²) in [6, 6.07) is 0. The van der Waals surface area contributed by atoms with E-state index in [0.29, 0.717) is 0 Å². The van der Waals surface area contributed by atoms with Gasteiger partial charge in [-0.25, -0.2) is 9.59 Å². The van der Waals surface area contributed by atoms with Crippen molar-refractivity contribution in [2.75, 3.05) is 0 Å². The van der Waals surface area contributed by atoms with Crippen molar-refractivity contribution >= 4 is 23.5 Å². The molecule has 62 valence electrons. The number of ketones is 2. The van der Waals surface area contributed by atoms with Gasteiger partial charge < -0.3 is 6.16 Å². The first-order chi connectivity index (χ1) is 4.95. The van der Waals surface area contributed by atoms with Crippen molar-refractivity contribution < 1.29 is 54.9 Å². The first-order valence-electron chi connectivity index (χ1n) is 2.72. The zero-order valence-electron chi connectivity index (χ0n) is 8.04. The molecular weight excluding hydrogens is 175 g/mol. The Balaban J connectivity index is -0.000000500. The molecule has 5 nitrogen and oxygen atoms in total. The zero-order chi connectivity index (χ0) is 9.02. The van der Waals surface area contributed by atoms with Gasteiger partial charge in [0, 0.05) is 13.8 Å². The van der Waals surface area contributed by atoms with Gasteiger partial charge in [0.05, 0.1) is 0 Å². The maximum Gasteiger partial charge on any atom is 1.00 e. The molecule has 0 unspecified atom stereocenters. The van der Waals surface area contributed by atoms with Crippen LogP contribution in [-0.4, -0.2) is 23.5 Å². The van der Waals surface area contributed by atoms with E-state index in [0.717, 1.165) is 13.8 Å². The van der Waals surface area contributed by atoms with E-state index in [1.54, 1.807) is 0 Å². The van der Waals surface area contributed by atoms with Crippen LogP contribution in [0.1, 0.15) is 15.3 Å². The number of esters is 2. The summed E-state index contributed by atoms with van der Waals surface area (Å²) in [6.07, 6.45) is 0. The van der Waals surface area contributed by atoms with E-state index in [9.17, 15) is 19.2 Å². The van der Waals surface area contributed by atoms with E-state index in [1.165, 1.54) is 0 Å². The van der Waals surface area contributed by atoms with Gasteiger partial charge in [-0.3, -0.25) is 9.59 Å². The molecular formula is C6H7NaO5. The minimum absolute atomic E-state index is 0. The fourth-order valence-electron chi connectivity index (χ4n) is 0.228. The van der Waals surface area contributed by atoms with Crippen molar-refractivity contribution in [3.8, 4) is 0 Å². The van der Waals surface area contributed by atoms with E-state index in [4.69, 9.17) is 0 Å². The molecule has 0 bridgehead atoms. The predicted molar refractivity (Wildman–Crippen MR) is 33.6 cm³/mol. The maximum atomic E-state index is 10.3. The number of ether oxygens (including phenoxy) is 1. The van der Waals surface area contributed by atoms with Crippen molar-refractivity contribution in [1.29, 1.82) is 0 Å². The summed E-state index contributed by atoms with van der Waals surface area (Å²) in [7, 11) is 0. The van der Waals surface area contributed by atoms with Crippen molar-refractivity contribution in [3.05, 3.63) is 0 Å². The number of rotatable bonds is 2. The van der Waals surface area contributed by atoms with E-state index < -0.39 is 23.5 Å². The van der Waals surface area contributed by atoms with Gasteiger partial charge >= 0.3 is 41.5 Å². The third-order valence-corrected chi connectivity index (χ3v) is 0.760. The predicted octanol–water partition coefficient (Wildman–Crippen LogP) is -3.65. The summed E-state index contributed by atoms with van der Waals surface area (Å²) in [5, 5.41) is 0. The number of hydrogen-bond acceptors (Lipinski definition) is 5. The van der Waals surface area contributed by atoms with Gasteiger partial charge in [-0.05, 0) is 0 Å². The van der Waals surface area contributed by atoms with Gasteiger partial charge in [0.15, 0.2) is 0 Å². The smallest absolute Gasteiger partial charge is 1.00 e. The summed E-state index contributed by atoms with van der Waals surface area (Å²) < 4.78 is 3.80. The Bertz CT molecular complexity index is 213. The van der Waals surface area contributed by atoms with Crippen LogP contribution >= 0.6 is 0 Å². The normalized spacial score (nSPS) is 7.83. The van der Waals surface area contributed by atoms with Gasteiger partial charge in [-0.15, -0.1) is 0 Å². The standard InChI is InChI=1S/C6H6O5.Na.H/c1-3(7)5(9)11-6(10)4(2)8;;/h1-2H3;;/q;+1;-1. The summed E-state index contributed by atoms with van der Waals surface area (Å²) in [6.45, 7) is 1.88. The molecule has 0 rings (SSSR count). The molecule has 0 radical (unpaired) electrons. The molecule has 12 heavy (non-hydrogen) atoms. The second-order valence-corrected chi connectivity index (χ2v) is 1.79. The molecule has 0 spiro atoms. The maximum absolute atomic E-state index is 10.3. The molecule has 0 N–H and O–H groups in total. The van der Waals surface area contributed by atoms with Crippen molar-refractivity contribution in [1.82, 2.24) is 0 Å². The molecule has 6 heteroatoms. The van der Waals surface area contributed by atoms with Crippen LogP contribution in [0.3, 0.4) is 0 Å². The Morgan fingerprint density at radius 2 is 1.17 bits per heavy atom. The molecule has 0 amide bonds. The molecule has 0 atom stereocenters. The van der Waals surface area contributed by atoms with Gasteiger partial charge in [0.1, 0.15) is 0 Å². The topological polar surface area (TPSA) is 77.5 Å². The molecule has 0 fully saturated rings. The Kier molecular flexibility index (Phi) is 7.07. The Morgan fingerprint density at radius 3 is 1.33 bits per heavy atom. The molecule has 0 heterocycles. The molecule has 0 aliphatic carbocycles. The fourth-order valence-corrected chi connectivity index (χ4v) is 0.228. The molecule has 0 saturated carbocycles. The van der Waals surface area contributed by atoms with Crippen molar-refractivity contribution in [2.24, 2.45) is 0 Å². The van der Waals surface area contributed by atoms with Crippen LogP contribution in [-0.2, 0) is 23.9 Å². The molecule has 0 aliphatic heterocycles.